The fourth-order valence-electron chi connectivity index (χ4n) is 4.26. The fourth-order valence-corrected chi connectivity index (χ4v) is 5.34. The molecule has 1 N–H and O–H groups in total. The highest BCUT2D eigenvalue weighted by Gasteiger charge is 2.50. The third kappa shape index (κ3) is 3.53. The number of rotatable bonds is 4. The van der Waals surface area contributed by atoms with Crippen LogP contribution in [0.4, 0.5) is 4.79 Å². The summed E-state index contributed by atoms with van der Waals surface area (Å²) in [7, 11) is 1.94. The van der Waals surface area contributed by atoms with E-state index in [0.29, 0.717) is 0 Å². The lowest BCUT2D eigenvalue weighted by Gasteiger charge is -2.30. The van der Waals surface area contributed by atoms with Gasteiger partial charge >= 0.3 is 6.03 Å². The van der Waals surface area contributed by atoms with Gasteiger partial charge in [0.1, 0.15) is 10.5 Å². The maximum atomic E-state index is 13.2. The van der Waals surface area contributed by atoms with Gasteiger partial charge in [0.15, 0.2) is 0 Å². The van der Waals surface area contributed by atoms with Crippen molar-refractivity contribution >= 4 is 33.5 Å². The molecule has 150 valence electrons. The number of fused-ring (bicyclic) bond motifs is 1. The maximum Gasteiger partial charge on any atom is 0.326 e. The Kier molecular flexibility index (Phi) is 5.38. The second-order valence-corrected chi connectivity index (χ2v) is 9.17. The normalized spacial score (nSPS) is 21.2. The van der Waals surface area contributed by atoms with Crippen molar-refractivity contribution in [2.24, 2.45) is 0 Å². The van der Waals surface area contributed by atoms with Crippen molar-refractivity contribution in [3.05, 3.63) is 29.3 Å². The first-order valence-corrected chi connectivity index (χ1v) is 11.0. The zero-order valence-corrected chi connectivity index (χ0v) is 17.4. The topological polar surface area (TPSA) is 65.5 Å². The van der Waals surface area contributed by atoms with E-state index in [2.05, 4.69) is 18.3 Å². The first kappa shape index (κ1) is 19.3. The molecule has 1 unspecified atom stereocenters. The smallest absolute Gasteiger partial charge is 0.323 e. The fraction of sp³-hybridized carbons (Fsp3) is 0.571. The van der Waals surface area contributed by atoms with Gasteiger partial charge in [0.05, 0.1) is 22.9 Å². The van der Waals surface area contributed by atoms with E-state index in [1.54, 1.807) is 11.3 Å². The van der Waals surface area contributed by atoms with Gasteiger partial charge in [-0.1, -0.05) is 44.2 Å². The van der Waals surface area contributed by atoms with E-state index in [0.717, 1.165) is 53.7 Å². The average Bonchev–Trinajstić information content (AvgIpc) is 3.19. The number of benzene rings is 1. The summed E-state index contributed by atoms with van der Waals surface area (Å²) in [6, 6.07) is 7.85. The van der Waals surface area contributed by atoms with Crippen LogP contribution in [-0.4, -0.2) is 46.0 Å². The van der Waals surface area contributed by atoms with E-state index in [1.807, 2.05) is 30.1 Å². The van der Waals surface area contributed by atoms with Gasteiger partial charge in [-0.05, 0) is 38.9 Å². The first-order valence-electron chi connectivity index (χ1n) is 10.2. The molecule has 1 aromatic carbocycles. The minimum atomic E-state index is -0.683. The van der Waals surface area contributed by atoms with Crippen LogP contribution in [0.5, 0.6) is 0 Å². The second kappa shape index (κ2) is 7.79. The predicted molar refractivity (Wildman–Crippen MR) is 111 cm³/mol. The Hall–Kier alpha value is -1.99. The van der Waals surface area contributed by atoms with E-state index in [4.69, 9.17) is 4.98 Å². The van der Waals surface area contributed by atoms with Crippen LogP contribution in [0.2, 0.25) is 0 Å². The summed E-state index contributed by atoms with van der Waals surface area (Å²) in [6.07, 6.45) is 7.01. The number of thiazole rings is 1. The summed E-state index contributed by atoms with van der Waals surface area (Å²) in [4.78, 5) is 34.0. The lowest BCUT2D eigenvalue weighted by atomic mass is 9.84. The minimum Gasteiger partial charge on any atom is -0.323 e. The molecule has 1 atom stereocenters. The molecule has 2 fully saturated rings. The zero-order valence-electron chi connectivity index (χ0n) is 16.6. The molecule has 6 nitrogen and oxygen atoms in total. The molecule has 4 rings (SSSR count). The number of aromatic nitrogens is 1. The highest BCUT2D eigenvalue weighted by Crippen LogP contribution is 2.33. The Bertz CT molecular complexity index is 839. The van der Waals surface area contributed by atoms with Crippen molar-refractivity contribution in [3.63, 3.8) is 0 Å². The lowest BCUT2D eigenvalue weighted by Crippen LogP contribution is -2.48. The molecule has 1 saturated carbocycles. The van der Waals surface area contributed by atoms with Crippen LogP contribution in [0, 0.1) is 0 Å². The molecular weight excluding hydrogens is 372 g/mol. The molecule has 0 radical (unpaired) electrons. The standard InChI is InChI=1S/C21H28N4O2S/c1-15(18-22-16-10-6-7-11-17(16)28-18)24(2)14-25-19(26)21(23-20(25)27)12-8-4-3-5-9-13-21/h6-7,10-11,15H,3-5,8-9,12-14H2,1-2H3,(H,23,27). The Morgan fingerprint density at radius 1 is 1.18 bits per heavy atom. The molecule has 3 amide bonds. The van der Waals surface area contributed by atoms with Gasteiger partial charge in [-0.15, -0.1) is 11.3 Å². The quantitative estimate of drug-likeness (QED) is 0.778. The van der Waals surface area contributed by atoms with Crippen molar-refractivity contribution in [1.82, 2.24) is 20.1 Å². The number of nitrogens with one attached hydrogen (secondary N) is 1. The van der Waals surface area contributed by atoms with Crippen molar-refractivity contribution in [2.75, 3.05) is 13.7 Å². The highest BCUT2D eigenvalue weighted by molar-refractivity contribution is 7.18. The number of urea groups is 1. The number of nitrogens with zero attached hydrogens (tertiary/aromatic N) is 3. The van der Waals surface area contributed by atoms with Crippen LogP contribution in [0.15, 0.2) is 24.3 Å². The Labute approximate surface area is 169 Å². The van der Waals surface area contributed by atoms with Gasteiger partial charge in [-0.2, -0.15) is 0 Å². The molecule has 0 bridgehead atoms. The number of hydrogen-bond donors (Lipinski definition) is 1. The van der Waals surface area contributed by atoms with Gasteiger partial charge in [-0.25, -0.2) is 14.7 Å². The summed E-state index contributed by atoms with van der Waals surface area (Å²) in [5.74, 6) is -0.0530. The van der Waals surface area contributed by atoms with Gasteiger partial charge in [0, 0.05) is 0 Å². The summed E-state index contributed by atoms with van der Waals surface area (Å²) in [5, 5.41) is 4.04. The number of hydrogen-bond acceptors (Lipinski definition) is 5. The van der Waals surface area contributed by atoms with Crippen LogP contribution in [0.1, 0.15) is 62.9 Å². The minimum absolute atomic E-state index is 0.0203. The molecule has 2 aromatic rings. The number of carbonyl (C=O) groups is 2. The third-order valence-corrected chi connectivity index (χ3v) is 7.35. The molecule has 2 aliphatic rings. The molecular formula is C21H28N4O2S. The molecule has 28 heavy (non-hydrogen) atoms. The van der Waals surface area contributed by atoms with E-state index in [-0.39, 0.29) is 24.6 Å². The average molecular weight is 401 g/mol. The molecule has 1 aliphatic carbocycles. The van der Waals surface area contributed by atoms with Crippen LogP contribution < -0.4 is 5.32 Å². The van der Waals surface area contributed by atoms with Gasteiger partial charge in [0.2, 0.25) is 0 Å². The van der Waals surface area contributed by atoms with Crippen LogP contribution in [0.3, 0.4) is 0 Å². The number of carbonyl (C=O) groups excluding carboxylic acids is 2. The van der Waals surface area contributed by atoms with E-state index >= 15 is 0 Å². The molecule has 7 heteroatoms. The second-order valence-electron chi connectivity index (χ2n) is 8.11. The van der Waals surface area contributed by atoms with E-state index in [1.165, 1.54) is 11.3 Å². The predicted octanol–water partition coefficient (Wildman–Crippen LogP) is 4.28. The Morgan fingerprint density at radius 3 is 2.57 bits per heavy atom. The zero-order chi connectivity index (χ0) is 19.7. The van der Waals surface area contributed by atoms with Crippen LogP contribution in [0.25, 0.3) is 10.2 Å². The third-order valence-electron chi connectivity index (χ3n) is 6.15. The van der Waals surface area contributed by atoms with Crippen molar-refractivity contribution in [1.29, 1.82) is 0 Å². The maximum absolute atomic E-state index is 13.2. The Balaban J connectivity index is 1.48. The van der Waals surface area contributed by atoms with Gasteiger partial charge in [-0.3, -0.25) is 9.69 Å². The number of para-hydroxylation sites is 1. The molecule has 1 spiro atoms. The summed E-state index contributed by atoms with van der Waals surface area (Å²) >= 11 is 1.66. The summed E-state index contributed by atoms with van der Waals surface area (Å²) < 4.78 is 1.15. The highest BCUT2D eigenvalue weighted by atomic mass is 32.1. The monoisotopic (exact) mass is 400 g/mol. The molecule has 1 aromatic heterocycles. The van der Waals surface area contributed by atoms with E-state index in [9.17, 15) is 9.59 Å². The van der Waals surface area contributed by atoms with Crippen molar-refractivity contribution in [2.45, 2.75) is 63.5 Å². The van der Waals surface area contributed by atoms with Crippen molar-refractivity contribution in [3.8, 4) is 0 Å². The van der Waals surface area contributed by atoms with Crippen LogP contribution in [-0.2, 0) is 4.79 Å². The number of imide groups is 1. The largest absolute Gasteiger partial charge is 0.326 e. The van der Waals surface area contributed by atoms with Crippen LogP contribution >= 0.6 is 11.3 Å². The van der Waals surface area contributed by atoms with E-state index < -0.39 is 5.54 Å². The first-order chi connectivity index (χ1) is 13.5. The van der Waals surface area contributed by atoms with Gasteiger partial charge in [0.25, 0.3) is 5.91 Å². The molecule has 1 aliphatic heterocycles. The van der Waals surface area contributed by atoms with Gasteiger partial charge < -0.3 is 5.32 Å². The summed E-state index contributed by atoms with van der Waals surface area (Å²) in [5.41, 5.74) is 0.309. The molecule has 1 saturated heterocycles. The number of amides is 3. The lowest BCUT2D eigenvalue weighted by molar-refractivity contribution is -0.133. The Morgan fingerprint density at radius 2 is 1.86 bits per heavy atom. The summed E-state index contributed by atoms with van der Waals surface area (Å²) in [6.45, 7) is 2.35. The van der Waals surface area contributed by atoms with Crippen molar-refractivity contribution < 1.29 is 9.59 Å². The molecule has 2 heterocycles. The SMILES string of the molecule is CC(c1nc2ccccc2s1)N(C)CN1C(=O)NC2(CCCCCCC2)C1=O.